The van der Waals surface area contributed by atoms with Crippen molar-refractivity contribution in [2.75, 3.05) is 0 Å². The molecule has 1 aliphatic rings. The van der Waals surface area contributed by atoms with Gasteiger partial charge in [0.25, 0.3) is 0 Å². The van der Waals surface area contributed by atoms with Gasteiger partial charge in [0.15, 0.2) is 0 Å². The molecule has 2 heterocycles. The summed E-state index contributed by atoms with van der Waals surface area (Å²) in [6.45, 7) is 6.70. The van der Waals surface area contributed by atoms with Crippen LogP contribution in [-0.2, 0) is 5.41 Å². The molecule has 3 nitrogen and oxygen atoms in total. The Morgan fingerprint density at radius 3 is 2.18 bits per heavy atom. The zero-order chi connectivity index (χ0) is 33.5. The summed E-state index contributed by atoms with van der Waals surface area (Å²) in [5.41, 5.74) is 8.72. The van der Waals surface area contributed by atoms with Gasteiger partial charge in [0.2, 0.25) is 0 Å². The third-order valence-corrected chi connectivity index (χ3v) is 9.50. The molecule has 0 saturated heterocycles. The summed E-state index contributed by atoms with van der Waals surface area (Å²) >= 11 is 0. The molecule has 1 atom stereocenters. The fraction of sp³-hybridized carbons (Fsp3) is 0.0444. The molecule has 0 radical (unpaired) electrons. The highest BCUT2D eigenvalue weighted by atomic mass is 19.1. The van der Waals surface area contributed by atoms with E-state index in [4.69, 9.17) is 11.3 Å². The lowest BCUT2D eigenvalue weighted by molar-refractivity contribution is 0.434. The van der Waals surface area contributed by atoms with E-state index in [-0.39, 0.29) is 5.82 Å². The highest BCUT2D eigenvalue weighted by Gasteiger charge is 2.45. The number of hydrogen-bond donors (Lipinski definition) is 0. The van der Waals surface area contributed by atoms with Gasteiger partial charge in [0, 0.05) is 27.6 Å². The molecule has 49 heavy (non-hydrogen) atoms. The van der Waals surface area contributed by atoms with E-state index in [1.54, 1.807) is 12.1 Å². The lowest BCUT2D eigenvalue weighted by Gasteiger charge is -2.42. The summed E-state index contributed by atoms with van der Waals surface area (Å²) in [7, 11) is 0. The maximum absolute atomic E-state index is 13.9. The largest absolute Gasteiger partial charge is 0.457 e. The number of rotatable bonds is 6. The quantitative estimate of drug-likeness (QED) is 0.171. The average Bonchev–Trinajstić information content (AvgIpc) is 3.47. The Kier molecular flexibility index (Phi) is 7.31. The Bertz CT molecular complexity index is 2520. The van der Waals surface area contributed by atoms with Crippen molar-refractivity contribution in [3.05, 3.63) is 198 Å². The van der Waals surface area contributed by atoms with Gasteiger partial charge in [-0.15, -0.1) is 0 Å². The molecule has 7 aromatic rings. The number of ether oxygens (including phenoxy) is 1. The van der Waals surface area contributed by atoms with Gasteiger partial charge in [-0.1, -0.05) is 91.5 Å². The van der Waals surface area contributed by atoms with Crippen LogP contribution in [0.4, 0.5) is 4.39 Å². The molecule has 1 unspecified atom stereocenters. The SMILES string of the molecule is C=C(/C=C\C=C/C)C1(c2ccccc2)c2ccccc2Oc2ccc(-c3ccc4c(c3)c3cc(C#N)ccc3n4-c3ccc(F)cc3)cc21. The molecular weight excluding hydrogens is 604 g/mol. The van der Waals surface area contributed by atoms with Crippen LogP contribution in [0.5, 0.6) is 11.5 Å². The second-order valence-electron chi connectivity index (χ2n) is 12.2. The first kappa shape index (κ1) is 29.9. The summed E-state index contributed by atoms with van der Waals surface area (Å²) in [6.07, 6.45) is 8.15. The molecule has 0 aliphatic carbocycles. The summed E-state index contributed by atoms with van der Waals surface area (Å²) in [6, 6.07) is 46.0. The Labute approximate surface area is 284 Å². The van der Waals surface area contributed by atoms with Crippen LogP contribution in [-0.4, -0.2) is 4.57 Å². The maximum Gasteiger partial charge on any atom is 0.132 e. The topological polar surface area (TPSA) is 37.9 Å². The molecule has 0 bridgehead atoms. The number of allylic oxidation sites excluding steroid dienone is 5. The summed E-state index contributed by atoms with van der Waals surface area (Å²) in [5.74, 6) is 1.29. The predicted molar refractivity (Wildman–Crippen MR) is 197 cm³/mol. The minimum Gasteiger partial charge on any atom is -0.457 e. The van der Waals surface area contributed by atoms with Crippen molar-refractivity contribution >= 4 is 21.8 Å². The molecule has 0 fully saturated rings. The van der Waals surface area contributed by atoms with Gasteiger partial charge in [0.05, 0.1) is 28.1 Å². The fourth-order valence-electron chi connectivity index (χ4n) is 7.30. The van der Waals surface area contributed by atoms with Crippen molar-refractivity contribution in [2.24, 2.45) is 0 Å². The molecule has 4 heteroatoms. The fourth-order valence-corrected chi connectivity index (χ4v) is 7.30. The predicted octanol–water partition coefficient (Wildman–Crippen LogP) is 11.6. The van der Waals surface area contributed by atoms with E-state index in [0.29, 0.717) is 5.56 Å². The highest BCUT2D eigenvalue weighted by Crippen LogP contribution is 2.56. The van der Waals surface area contributed by atoms with E-state index < -0.39 is 5.41 Å². The first-order valence-corrected chi connectivity index (χ1v) is 16.2. The standard InChI is InChI=1S/C45H31FN2O/c1-3-4-6-11-30(2)45(34-12-7-5-8-13-34)39-14-9-10-15-43(39)49-44-25-18-33(28-40(44)45)32-17-24-42-38(27-32)37-26-31(29-47)16-23-41(37)48(42)36-21-19-35(46)20-22-36/h3-28H,2H2,1H3/b4-3-,11-6-. The molecule has 8 rings (SSSR count). The third-order valence-electron chi connectivity index (χ3n) is 9.50. The van der Waals surface area contributed by atoms with Gasteiger partial charge in [-0.25, -0.2) is 4.39 Å². The smallest absolute Gasteiger partial charge is 0.132 e. The second-order valence-corrected chi connectivity index (χ2v) is 12.2. The third kappa shape index (κ3) is 4.79. The minimum atomic E-state index is -0.718. The Morgan fingerprint density at radius 1 is 0.735 bits per heavy atom. The molecule has 0 spiro atoms. The zero-order valence-corrected chi connectivity index (χ0v) is 26.9. The average molecular weight is 635 g/mol. The van der Waals surface area contributed by atoms with E-state index in [1.807, 2.05) is 61.5 Å². The lowest BCUT2D eigenvalue weighted by atomic mass is 9.63. The van der Waals surface area contributed by atoms with Gasteiger partial charge in [-0.3, -0.25) is 0 Å². The number of nitrogens with zero attached hydrogens (tertiary/aromatic N) is 2. The van der Waals surface area contributed by atoms with Crippen molar-refractivity contribution in [1.29, 1.82) is 5.26 Å². The van der Waals surface area contributed by atoms with E-state index in [0.717, 1.165) is 72.4 Å². The van der Waals surface area contributed by atoms with Gasteiger partial charge in [-0.2, -0.15) is 5.26 Å². The Morgan fingerprint density at radius 2 is 1.41 bits per heavy atom. The van der Waals surface area contributed by atoms with Crippen LogP contribution < -0.4 is 4.74 Å². The molecular formula is C45H31FN2O. The van der Waals surface area contributed by atoms with E-state index in [1.165, 1.54) is 12.1 Å². The number of hydrogen-bond acceptors (Lipinski definition) is 2. The first-order chi connectivity index (χ1) is 24.0. The van der Waals surface area contributed by atoms with Gasteiger partial charge < -0.3 is 9.30 Å². The van der Waals surface area contributed by atoms with Crippen molar-refractivity contribution in [1.82, 2.24) is 4.57 Å². The number of nitriles is 1. The van der Waals surface area contributed by atoms with Crippen molar-refractivity contribution in [3.63, 3.8) is 0 Å². The number of fused-ring (bicyclic) bond motifs is 5. The van der Waals surface area contributed by atoms with Crippen LogP contribution in [0.3, 0.4) is 0 Å². The summed E-state index contributed by atoms with van der Waals surface area (Å²) in [5, 5.41) is 11.7. The number of benzene rings is 6. The minimum absolute atomic E-state index is 0.288. The van der Waals surface area contributed by atoms with Gasteiger partial charge in [-0.05, 0) is 102 Å². The Hall–Kier alpha value is -6.44. The van der Waals surface area contributed by atoms with Crippen LogP contribution in [0, 0.1) is 17.1 Å². The van der Waals surface area contributed by atoms with Crippen molar-refractivity contribution < 1.29 is 9.13 Å². The van der Waals surface area contributed by atoms with Crippen LogP contribution in [0.15, 0.2) is 170 Å². The van der Waals surface area contributed by atoms with Crippen LogP contribution >= 0.6 is 0 Å². The zero-order valence-electron chi connectivity index (χ0n) is 26.9. The van der Waals surface area contributed by atoms with E-state index in [9.17, 15) is 9.65 Å². The second kappa shape index (κ2) is 12.0. The molecule has 0 N–H and O–H groups in total. The normalized spacial score (nSPS) is 15.3. The summed E-state index contributed by atoms with van der Waals surface area (Å²) < 4.78 is 22.6. The first-order valence-electron chi connectivity index (χ1n) is 16.2. The van der Waals surface area contributed by atoms with E-state index >= 15 is 0 Å². The van der Waals surface area contributed by atoms with Crippen molar-refractivity contribution in [3.8, 4) is 34.4 Å². The lowest BCUT2D eigenvalue weighted by Crippen LogP contribution is -2.34. The molecule has 1 aliphatic heterocycles. The summed E-state index contributed by atoms with van der Waals surface area (Å²) in [4.78, 5) is 0. The maximum atomic E-state index is 13.9. The number of halogens is 1. The van der Waals surface area contributed by atoms with E-state index in [2.05, 4.69) is 89.5 Å². The highest BCUT2D eigenvalue weighted by molar-refractivity contribution is 6.11. The molecule has 6 aromatic carbocycles. The Balaban J connectivity index is 1.38. The van der Waals surface area contributed by atoms with Crippen LogP contribution in [0.25, 0.3) is 38.6 Å². The number of para-hydroxylation sites is 1. The molecule has 0 saturated carbocycles. The monoisotopic (exact) mass is 634 g/mol. The van der Waals surface area contributed by atoms with Crippen LogP contribution in [0.2, 0.25) is 0 Å². The van der Waals surface area contributed by atoms with Crippen molar-refractivity contribution in [2.45, 2.75) is 12.3 Å². The van der Waals surface area contributed by atoms with Gasteiger partial charge >= 0.3 is 0 Å². The van der Waals surface area contributed by atoms with Crippen LogP contribution in [0.1, 0.15) is 29.2 Å². The van der Waals surface area contributed by atoms with Gasteiger partial charge in [0.1, 0.15) is 17.3 Å². The molecule has 1 aromatic heterocycles. The number of aromatic nitrogens is 1. The molecule has 0 amide bonds. The molecule has 234 valence electrons.